The molecule has 152 valence electrons. The first kappa shape index (κ1) is 20.7. The Morgan fingerprint density at radius 2 is 1.62 bits per heavy atom. The van der Waals surface area contributed by atoms with Crippen LogP contribution in [-0.4, -0.2) is 26.7 Å². The van der Waals surface area contributed by atoms with Gasteiger partial charge in [-0.25, -0.2) is 4.79 Å². The molecule has 1 heterocycles. The molecule has 0 aliphatic rings. The highest BCUT2D eigenvalue weighted by atomic mass is 32.2. The Kier molecular flexibility index (Phi) is 6.77. The lowest BCUT2D eigenvalue weighted by Crippen LogP contribution is -2.26. The molecular formula is C21H24N4O3S. The number of carbonyl (C=O) groups is 2. The van der Waals surface area contributed by atoms with E-state index < -0.39 is 5.91 Å². The Morgan fingerprint density at radius 3 is 2.28 bits per heavy atom. The van der Waals surface area contributed by atoms with Crippen molar-refractivity contribution in [2.24, 2.45) is 5.73 Å². The van der Waals surface area contributed by atoms with E-state index in [-0.39, 0.29) is 23.8 Å². The molecule has 0 fully saturated rings. The van der Waals surface area contributed by atoms with Crippen molar-refractivity contribution in [3.63, 3.8) is 0 Å². The first-order chi connectivity index (χ1) is 14.0. The van der Waals surface area contributed by atoms with Crippen molar-refractivity contribution in [1.29, 1.82) is 0 Å². The van der Waals surface area contributed by atoms with Crippen LogP contribution in [0.15, 0.2) is 58.2 Å². The van der Waals surface area contributed by atoms with Crippen LogP contribution in [0.2, 0.25) is 0 Å². The molecule has 29 heavy (non-hydrogen) atoms. The van der Waals surface area contributed by atoms with Crippen LogP contribution < -0.4 is 16.7 Å². The Labute approximate surface area is 172 Å². The van der Waals surface area contributed by atoms with Crippen LogP contribution in [-0.2, 0) is 22.7 Å². The Hall–Kier alpha value is -3.00. The lowest BCUT2D eigenvalue weighted by Gasteiger charge is -2.10. The van der Waals surface area contributed by atoms with Gasteiger partial charge in [-0.15, -0.1) is 11.8 Å². The number of aromatic nitrogens is 2. The number of imidazole rings is 1. The molecule has 0 atom stereocenters. The Morgan fingerprint density at radius 1 is 1.00 bits per heavy atom. The van der Waals surface area contributed by atoms with E-state index in [9.17, 15) is 14.4 Å². The van der Waals surface area contributed by atoms with E-state index in [4.69, 9.17) is 5.73 Å². The minimum absolute atomic E-state index is 0.0988. The summed E-state index contributed by atoms with van der Waals surface area (Å²) >= 11 is 1.28. The largest absolute Gasteiger partial charge is 0.369 e. The van der Waals surface area contributed by atoms with Gasteiger partial charge in [0.25, 0.3) is 0 Å². The predicted molar refractivity (Wildman–Crippen MR) is 116 cm³/mol. The molecule has 2 amide bonds. The molecule has 3 aromatic rings. The van der Waals surface area contributed by atoms with E-state index in [0.717, 1.165) is 22.3 Å². The number of carbonyl (C=O) groups excluding carboxylic acids is 2. The minimum atomic E-state index is -0.418. The molecule has 2 aromatic carbocycles. The number of hydrogen-bond acceptors (Lipinski definition) is 4. The minimum Gasteiger partial charge on any atom is -0.369 e. The number of hydrogen-bond donors (Lipinski definition) is 2. The summed E-state index contributed by atoms with van der Waals surface area (Å²) in [6.07, 6.45) is 1.02. The third-order valence-corrected chi connectivity index (χ3v) is 5.56. The van der Waals surface area contributed by atoms with Crippen molar-refractivity contribution in [3.8, 4) is 0 Å². The number of amides is 2. The molecule has 0 bridgehead atoms. The number of primary amides is 1. The van der Waals surface area contributed by atoms with Crippen LogP contribution >= 0.6 is 11.8 Å². The molecule has 7 nitrogen and oxygen atoms in total. The first-order valence-electron chi connectivity index (χ1n) is 9.49. The standard InChI is InChI=1S/C21H24N4O3S/c1-2-12-24-16-8-4-5-9-17(16)25(21(24)28)13-11-20(27)23-15-7-3-6-10-18(15)29-14-19(22)26/h3-10H,2,11-14H2,1H3,(H2,22,26)(H,23,27). The summed E-state index contributed by atoms with van der Waals surface area (Å²) in [6, 6.07) is 14.9. The predicted octanol–water partition coefficient (Wildman–Crippen LogP) is 2.82. The van der Waals surface area contributed by atoms with Crippen LogP contribution in [0.25, 0.3) is 11.0 Å². The highest BCUT2D eigenvalue weighted by Crippen LogP contribution is 2.26. The van der Waals surface area contributed by atoms with Crippen molar-refractivity contribution in [2.45, 2.75) is 37.8 Å². The molecule has 3 N–H and O–H groups in total. The maximum absolute atomic E-state index is 12.8. The number of thioether (sulfide) groups is 1. The molecule has 0 saturated carbocycles. The Balaban J connectivity index is 1.73. The van der Waals surface area contributed by atoms with E-state index in [2.05, 4.69) is 5.32 Å². The van der Waals surface area contributed by atoms with Crippen molar-refractivity contribution < 1.29 is 9.59 Å². The summed E-state index contributed by atoms with van der Waals surface area (Å²) in [6.45, 7) is 2.96. The monoisotopic (exact) mass is 412 g/mol. The van der Waals surface area contributed by atoms with Crippen LogP contribution in [0.5, 0.6) is 0 Å². The second-order valence-electron chi connectivity index (χ2n) is 6.62. The number of para-hydroxylation sites is 3. The third-order valence-electron chi connectivity index (χ3n) is 4.47. The molecule has 0 saturated heterocycles. The fourth-order valence-corrected chi connectivity index (χ4v) is 3.95. The normalized spacial score (nSPS) is 10.9. The smallest absolute Gasteiger partial charge is 0.329 e. The average molecular weight is 413 g/mol. The fraction of sp³-hybridized carbons (Fsp3) is 0.286. The van der Waals surface area contributed by atoms with Crippen LogP contribution in [0, 0.1) is 0 Å². The van der Waals surface area contributed by atoms with Crippen LogP contribution in [0.3, 0.4) is 0 Å². The number of nitrogens with zero attached hydrogens (tertiary/aromatic N) is 2. The molecule has 0 spiro atoms. The lowest BCUT2D eigenvalue weighted by atomic mass is 10.3. The maximum Gasteiger partial charge on any atom is 0.329 e. The van der Waals surface area contributed by atoms with Gasteiger partial charge in [-0.2, -0.15) is 0 Å². The van der Waals surface area contributed by atoms with Crippen molar-refractivity contribution >= 4 is 40.3 Å². The quantitative estimate of drug-likeness (QED) is 0.528. The van der Waals surface area contributed by atoms with Gasteiger partial charge in [-0.3, -0.25) is 18.7 Å². The number of anilines is 1. The van der Waals surface area contributed by atoms with Gasteiger partial charge in [0.2, 0.25) is 11.8 Å². The fourth-order valence-electron chi connectivity index (χ4n) is 3.20. The summed E-state index contributed by atoms with van der Waals surface area (Å²) in [7, 11) is 0. The SMILES string of the molecule is CCCn1c(=O)n(CCC(=O)Nc2ccccc2SCC(N)=O)c2ccccc21. The van der Waals surface area contributed by atoms with E-state index in [1.54, 1.807) is 15.2 Å². The Bertz CT molecular complexity index is 1090. The van der Waals surface area contributed by atoms with E-state index >= 15 is 0 Å². The van der Waals surface area contributed by atoms with Gasteiger partial charge in [0, 0.05) is 24.4 Å². The van der Waals surface area contributed by atoms with Gasteiger partial charge >= 0.3 is 5.69 Å². The number of nitrogens with two attached hydrogens (primary N) is 1. The molecule has 0 aliphatic heterocycles. The molecule has 0 aliphatic carbocycles. The van der Waals surface area contributed by atoms with Crippen molar-refractivity contribution in [1.82, 2.24) is 9.13 Å². The average Bonchev–Trinajstić information content (AvgIpc) is 2.97. The van der Waals surface area contributed by atoms with Crippen molar-refractivity contribution in [2.75, 3.05) is 11.1 Å². The third kappa shape index (κ3) is 4.89. The number of aryl methyl sites for hydroxylation is 2. The second-order valence-corrected chi connectivity index (χ2v) is 7.64. The number of nitrogens with one attached hydrogen (secondary N) is 1. The number of benzene rings is 2. The van der Waals surface area contributed by atoms with Gasteiger partial charge in [0.1, 0.15) is 0 Å². The van der Waals surface area contributed by atoms with E-state index in [1.807, 2.05) is 49.4 Å². The summed E-state index contributed by atoms with van der Waals surface area (Å²) < 4.78 is 3.40. The van der Waals surface area contributed by atoms with E-state index in [1.165, 1.54) is 11.8 Å². The molecular weight excluding hydrogens is 388 g/mol. The van der Waals surface area contributed by atoms with Gasteiger partial charge in [-0.1, -0.05) is 31.2 Å². The zero-order valence-electron chi connectivity index (χ0n) is 16.3. The van der Waals surface area contributed by atoms with Gasteiger partial charge in [0.05, 0.1) is 22.5 Å². The van der Waals surface area contributed by atoms with Crippen molar-refractivity contribution in [3.05, 3.63) is 59.0 Å². The highest BCUT2D eigenvalue weighted by Gasteiger charge is 2.14. The number of rotatable bonds is 9. The van der Waals surface area contributed by atoms with Crippen LogP contribution in [0.4, 0.5) is 5.69 Å². The molecule has 0 radical (unpaired) electrons. The van der Waals surface area contributed by atoms with Crippen LogP contribution in [0.1, 0.15) is 19.8 Å². The van der Waals surface area contributed by atoms with E-state index in [0.29, 0.717) is 18.8 Å². The van der Waals surface area contributed by atoms with Gasteiger partial charge < -0.3 is 11.1 Å². The molecule has 0 unspecified atom stereocenters. The maximum atomic E-state index is 12.8. The lowest BCUT2D eigenvalue weighted by molar-refractivity contribution is -0.116. The highest BCUT2D eigenvalue weighted by molar-refractivity contribution is 8.00. The summed E-state index contributed by atoms with van der Waals surface area (Å²) in [5.74, 6) is -0.477. The summed E-state index contributed by atoms with van der Waals surface area (Å²) in [4.78, 5) is 37.1. The summed E-state index contributed by atoms with van der Waals surface area (Å²) in [5, 5.41) is 2.87. The molecule has 1 aromatic heterocycles. The zero-order valence-corrected chi connectivity index (χ0v) is 17.1. The molecule has 8 heteroatoms. The molecule has 3 rings (SSSR count). The zero-order chi connectivity index (χ0) is 20.8. The second kappa shape index (κ2) is 9.47. The number of fused-ring (bicyclic) bond motifs is 1. The summed E-state index contributed by atoms with van der Waals surface area (Å²) in [5.41, 5.74) is 7.45. The first-order valence-corrected chi connectivity index (χ1v) is 10.5. The topological polar surface area (TPSA) is 99.1 Å². The van der Waals surface area contributed by atoms with Gasteiger partial charge in [-0.05, 0) is 30.7 Å². The van der Waals surface area contributed by atoms with Gasteiger partial charge in [0.15, 0.2) is 0 Å².